The van der Waals surface area contributed by atoms with Crippen LogP contribution in [0.2, 0.25) is 0 Å². The van der Waals surface area contributed by atoms with E-state index in [1.807, 2.05) is 32.0 Å². The first-order valence-electron chi connectivity index (χ1n) is 13.6. The Morgan fingerprint density at radius 1 is 1.02 bits per heavy atom. The zero-order chi connectivity index (χ0) is 30.6. The summed E-state index contributed by atoms with van der Waals surface area (Å²) in [7, 11) is 4.02. The summed E-state index contributed by atoms with van der Waals surface area (Å²) in [6.07, 6.45) is -4.61. The van der Waals surface area contributed by atoms with E-state index in [9.17, 15) is 23.1 Å². The third-order valence-electron chi connectivity index (χ3n) is 7.17. The van der Waals surface area contributed by atoms with Gasteiger partial charge in [-0.25, -0.2) is 0 Å². The SMILES string of the molecule is COCCCOc1cc(C[C@@H](C[C@H](N)[C@@H](O)CNC(=O)[C@](OC)(c2ccccc2)C(F)(F)F)C(C)C)ccc1OC. The minimum atomic E-state index is -5.05. The molecular weight excluding hydrogens is 541 g/mol. The molecule has 8 nitrogen and oxygen atoms in total. The molecule has 0 spiro atoms. The van der Waals surface area contributed by atoms with Gasteiger partial charge in [0.25, 0.3) is 11.5 Å². The number of nitrogens with two attached hydrogens (primary N) is 1. The number of halogens is 3. The van der Waals surface area contributed by atoms with Crippen molar-refractivity contribution in [3.63, 3.8) is 0 Å². The monoisotopic (exact) mass is 584 g/mol. The van der Waals surface area contributed by atoms with Gasteiger partial charge in [0.05, 0.1) is 19.8 Å². The van der Waals surface area contributed by atoms with Crippen LogP contribution in [-0.2, 0) is 26.3 Å². The minimum absolute atomic E-state index is 0.0302. The molecule has 0 aliphatic heterocycles. The molecule has 41 heavy (non-hydrogen) atoms. The number of aliphatic hydroxyl groups excluding tert-OH is 1. The van der Waals surface area contributed by atoms with Crippen molar-refractivity contribution in [2.24, 2.45) is 17.6 Å². The summed E-state index contributed by atoms with van der Waals surface area (Å²) in [5.41, 5.74) is 3.68. The van der Waals surface area contributed by atoms with Crippen molar-refractivity contribution >= 4 is 5.91 Å². The number of hydrogen-bond donors (Lipinski definition) is 3. The molecule has 1 amide bonds. The third-order valence-corrected chi connectivity index (χ3v) is 7.17. The molecule has 0 radical (unpaired) electrons. The quantitative estimate of drug-likeness (QED) is 0.239. The summed E-state index contributed by atoms with van der Waals surface area (Å²) in [5, 5.41) is 12.9. The van der Waals surface area contributed by atoms with Crippen LogP contribution in [0.15, 0.2) is 48.5 Å². The largest absolute Gasteiger partial charge is 0.493 e. The highest BCUT2D eigenvalue weighted by Crippen LogP contribution is 2.42. The molecule has 2 aromatic carbocycles. The van der Waals surface area contributed by atoms with E-state index in [0.29, 0.717) is 37.6 Å². The molecule has 2 aromatic rings. The molecule has 0 saturated heterocycles. The zero-order valence-corrected chi connectivity index (χ0v) is 24.4. The highest BCUT2D eigenvalue weighted by molar-refractivity contribution is 5.87. The molecule has 0 unspecified atom stereocenters. The maximum Gasteiger partial charge on any atom is 0.430 e. The molecule has 0 aliphatic rings. The first kappa shape index (κ1) is 34.3. The van der Waals surface area contributed by atoms with Crippen LogP contribution in [0.5, 0.6) is 11.5 Å². The second-order valence-corrected chi connectivity index (χ2v) is 10.3. The molecule has 0 heterocycles. The number of alkyl halides is 3. The molecule has 0 saturated carbocycles. The number of carbonyl (C=O) groups is 1. The van der Waals surface area contributed by atoms with Gasteiger partial charge in [0.1, 0.15) is 0 Å². The summed E-state index contributed by atoms with van der Waals surface area (Å²) in [4.78, 5) is 12.9. The Morgan fingerprint density at radius 3 is 2.27 bits per heavy atom. The van der Waals surface area contributed by atoms with Gasteiger partial charge in [-0.05, 0) is 42.4 Å². The van der Waals surface area contributed by atoms with Gasteiger partial charge in [-0.3, -0.25) is 4.79 Å². The second kappa shape index (κ2) is 16.0. The summed E-state index contributed by atoms with van der Waals surface area (Å²) < 4.78 is 63.6. The van der Waals surface area contributed by atoms with Gasteiger partial charge in [0.2, 0.25) is 0 Å². The van der Waals surface area contributed by atoms with Crippen LogP contribution in [0.3, 0.4) is 0 Å². The van der Waals surface area contributed by atoms with Crippen molar-refractivity contribution < 1.29 is 42.0 Å². The van der Waals surface area contributed by atoms with Gasteiger partial charge < -0.3 is 35.1 Å². The molecule has 4 atom stereocenters. The Kier molecular flexibility index (Phi) is 13.4. The molecular formula is C30H43F3N2O6. The molecule has 4 N–H and O–H groups in total. The maximum atomic E-state index is 14.1. The molecule has 0 bridgehead atoms. The highest BCUT2D eigenvalue weighted by Gasteiger charge is 2.62. The molecule has 0 aromatic heterocycles. The summed E-state index contributed by atoms with van der Waals surface area (Å²) in [5.74, 6) is 0.00159. The van der Waals surface area contributed by atoms with Gasteiger partial charge >= 0.3 is 6.18 Å². The topological polar surface area (TPSA) is 112 Å². The molecule has 11 heteroatoms. The third kappa shape index (κ3) is 9.06. The van der Waals surface area contributed by atoms with E-state index in [1.165, 1.54) is 30.3 Å². The van der Waals surface area contributed by atoms with Crippen LogP contribution in [0.1, 0.15) is 37.8 Å². The lowest BCUT2D eigenvalue weighted by atomic mass is 9.83. The highest BCUT2D eigenvalue weighted by atomic mass is 19.4. The number of rotatable bonds is 17. The van der Waals surface area contributed by atoms with Gasteiger partial charge in [-0.2, -0.15) is 13.2 Å². The van der Waals surface area contributed by atoms with Gasteiger partial charge in [0.15, 0.2) is 11.5 Å². The van der Waals surface area contributed by atoms with Crippen LogP contribution >= 0.6 is 0 Å². The van der Waals surface area contributed by atoms with E-state index < -0.39 is 36.4 Å². The van der Waals surface area contributed by atoms with Crippen LogP contribution in [-0.4, -0.2) is 70.4 Å². The summed E-state index contributed by atoms with van der Waals surface area (Å²) >= 11 is 0. The van der Waals surface area contributed by atoms with E-state index in [1.54, 1.807) is 14.2 Å². The van der Waals surface area contributed by atoms with Crippen LogP contribution in [0.25, 0.3) is 0 Å². The first-order chi connectivity index (χ1) is 19.4. The molecule has 0 aliphatic carbocycles. The molecule has 230 valence electrons. The predicted molar refractivity (Wildman–Crippen MR) is 150 cm³/mol. The van der Waals surface area contributed by atoms with Gasteiger partial charge in [0, 0.05) is 45.4 Å². The van der Waals surface area contributed by atoms with E-state index in [0.717, 1.165) is 19.1 Å². The Hall–Kier alpha value is -2.86. The fourth-order valence-corrected chi connectivity index (χ4v) is 4.64. The Bertz CT molecular complexity index is 1070. The fourth-order valence-electron chi connectivity index (χ4n) is 4.64. The zero-order valence-electron chi connectivity index (χ0n) is 24.4. The number of hydrogen-bond acceptors (Lipinski definition) is 7. The lowest BCUT2D eigenvalue weighted by Crippen LogP contribution is -2.57. The van der Waals surface area contributed by atoms with Crippen molar-refractivity contribution in [2.75, 3.05) is 41.1 Å². The lowest BCUT2D eigenvalue weighted by molar-refractivity contribution is -0.265. The standard InChI is InChI=1S/C30H43F3N2O6/c1-20(2)22(16-21-12-13-26(39-4)27(17-21)41-15-9-14-38-3)18-24(34)25(36)19-35-28(37)29(40-5,30(31,32)33)23-10-7-6-8-11-23/h6-8,10-13,17,20,22,24-25,36H,9,14-16,18-19,34H2,1-5H3,(H,35,37)/t22-,24-,25-,29+/m0/s1. The molecule has 0 fully saturated rings. The van der Waals surface area contributed by atoms with Crippen LogP contribution < -0.4 is 20.5 Å². The summed E-state index contributed by atoms with van der Waals surface area (Å²) in [6.45, 7) is 4.64. The van der Waals surface area contributed by atoms with Gasteiger partial charge in [-0.15, -0.1) is 0 Å². The van der Waals surface area contributed by atoms with Gasteiger partial charge in [-0.1, -0.05) is 50.2 Å². The van der Waals surface area contributed by atoms with Crippen molar-refractivity contribution in [3.05, 3.63) is 59.7 Å². The summed E-state index contributed by atoms with van der Waals surface area (Å²) in [6, 6.07) is 11.5. The van der Waals surface area contributed by atoms with Crippen molar-refractivity contribution in [2.45, 2.75) is 57.0 Å². The lowest BCUT2D eigenvalue weighted by Gasteiger charge is -2.34. The number of carbonyl (C=O) groups excluding carboxylic acids is 1. The van der Waals surface area contributed by atoms with Crippen molar-refractivity contribution in [1.82, 2.24) is 5.32 Å². The van der Waals surface area contributed by atoms with Crippen molar-refractivity contribution in [1.29, 1.82) is 0 Å². The van der Waals surface area contributed by atoms with E-state index in [4.69, 9.17) is 24.7 Å². The predicted octanol–water partition coefficient (Wildman–Crippen LogP) is 4.22. The molecule has 2 rings (SSSR count). The van der Waals surface area contributed by atoms with E-state index in [2.05, 4.69) is 5.32 Å². The average Bonchev–Trinajstić information content (AvgIpc) is 2.94. The van der Waals surface area contributed by atoms with Crippen molar-refractivity contribution in [3.8, 4) is 11.5 Å². The number of nitrogens with one attached hydrogen (secondary N) is 1. The van der Waals surface area contributed by atoms with Crippen LogP contribution in [0, 0.1) is 11.8 Å². The van der Waals surface area contributed by atoms with E-state index in [-0.39, 0.29) is 17.4 Å². The normalized spacial score (nSPS) is 15.6. The number of aliphatic hydroxyl groups is 1. The first-order valence-corrected chi connectivity index (χ1v) is 13.6. The number of ether oxygens (including phenoxy) is 4. The maximum absolute atomic E-state index is 14.1. The number of benzene rings is 2. The second-order valence-electron chi connectivity index (χ2n) is 10.3. The minimum Gasteiger partial charge on any atom is -0.493 e. The van der Waals surface area contributed by atoms with E-state index >= 15 is 0 Å². The Morgan fingerprint density at radius 2 is 1.71 bits per heavy atom. The Balaban J connectivity index is 2.09. The Labute approximate surface area is 240 Å². The van der Waals surface area contributed by atoms with Crippen LogP contribution in [0.4, 0.5) is 13.2 Å². The smallest absolute Gasteiger partial charge is 0.430 e. The number of amides is 1. The fraction of sp³-hybridized carbons (Fsp3) is 0.567. The average molecular weight is 585 g/mol. The number of methoxy groups -OCH3 is 3.